The molecule has 0 fully saturated rings. The number of hydrogen-bond acceptors (Lipinski definition) is 4. The van der Waals surface area contributed by atoms with Crippen LogP contribution in [0.15, 0.2) is 18.3 Å². The highest BCUT2D eigenvalue weighted by atomic mass is 32.1. The standard InChI is InChI=1S/C14H13F2N3S/c1-3-10-7-18-14(20-10)8(2)19-13-11(15)4-9(6-17)5-12(13)16/h4-5,7-8,19H,3H2,1-2H3. The first-order valence-electron chi connectivity index (χ1n) is 6.15. The molecule has 1 aromatic carbocycles. The highest BCUT2D eigenvalue weighted by Gasteiger charge is 2.16. The van der Waals surface area contributed by atoms with Crippen molar-refractivity contribution >= 4 is 17.0 Å². The second-order valence-electron chi connectivity index (χ2n) is 4.31. The number of aryl methyl sites for hydroxylation is 1. The normalized spacial score (nSPS) is 11.9. The largest absolute Gasteiger partial charge is 0.371 e. The zero-order valence-corrected chi connectivity index (χ0v) is 11.9. The monoisotopic (exact) mass is 293 g/mol. The number of rotatable bonds is 4. The van der Waals surface area contributed by atoms with Crippen molar-refractivity contribution in [2.24, 2.45) is 0 Å². The van der Waals surface area contributed by atoms with Crippen LogP contribution in [0.4, 0.5) is 14.5 Å². The molecule has 0 radical (unpaired) electrons. The molecule has 2 rings (SSSR count). The van der Waals surface area contributed by atoms with E-state index in [2.05, 4.69) is 10.3 Å². The summed E-state index contributed by atoms with van der Waals surface area (Å²) >= 11 is 1.51. The Hall–Kier alpha value is -2.00. The maximum atomic E-state index is 13.8. The Labute approximate surface area is 119 Å². The van der Waals surface area contributed by atoms with Gasteiger partial charge in [-0.05, 0) is 25.5 Å². The second kappa shape index (κ2) is 5.97. The molecule has 0 bridgehead atoms. The fourth-order valence-corrected chi connectivity index (χ4v) is 2.60. The first kappa shape index (κ1) is 14.4. The van der Waals surface area contributed by atoms with Gasteiger partial charge >= 0.3 is 0 Å². The number of nitriles is 1. The van der Waals surface area contributed by atoms with Crippen molar-refractivity contribution in [2.75, 3.05) is 5.32 Å². The zero-order valence-electron chi connectivity index (χ0n) is 11.1. The number of aromatic nitrogens is 1. The maximum Gasteiger partial charge on any atom is 0.150 e. The Morgan fingerprint density at radius 2 is 2.05 bits per heavy atom. The lowest BCUT2D eigenvalue weighted by molar-refractivity contribution is 0.583. The lowest BCUT2D eigenvalue weighted by Crippen LogP contribution is -2.09. The third-order valence-electron chi connectivity index (χ3n) is 2.82. The van der Waals surface area contributed by atoms with Gasteiger partial charge in [-0.25, -0.2) is 13.8 Å². The van der Waals surface area contributed by atoms with Gasteiger partial charge in [0.25, 0.3) is 0 Å². The van der Waals surface area contributed by atoms with E-state index in [1.54, 1.807) is 19.2 Å². The summed E-state index contributed by atoms with van der Waals surface area (Å²) in [5.41, 5.74) is -0.273. The lowest BCUT2D eigenvalue weighted by atomic mass is 10.2. The molecule has 1 atom stereocenters. The molecule has 0 amide bonds. The van der Waals surface area contributed by atoms with Crippen LogP contribution in [0.3, 0.4) is 0 Å². The molecule has 2 aromatic rings. The number of thiazole rings is 1. The Kier molecular flexibility index (Phi) is 4.30. The minimum atomic E-state index is -0.777. The Bertz CT molecular complexity index is 638. The van der Waals surface area contributed by atoms with Crippen LogP contribution in [0.1, 0.15) is 35.3 Å². The van der Waals surface area contributed by atoms with E-state index in [0.717, 1.165) is 28.4 Å². The van der Waals surface area contributed by atoms with Gasteiger partial charge in [0.15, 0.2) is 11.6 Å². The summed E-state index contributed by atoms with van der Waals surface area (Å²) in [4.78, 5) is 5.35. The van der Waals surface area contributed by atoms with Gasteiger partial charge in [-0.3, -0.25) is 0 Å². The van der Waals surface area contributed by atoms with Crippen molar-refractivity contribution in [1.29, 1.82) is 5.26 Å². The van der Waals surface area contributed by atoms with Crippen LogP contribution in [0, 0.1) is 23.0 Å². The molecule has 0 aliphatic rings. The summed E-state index contributed by atoms with van der Waals surface area (Å²) in [5.74, 6) is -1.55. The highest BCUT2D eigenvalue weighted by Crippen LogP contribution is 2.27. The number of halogens is 2. The molecule has 0 aliphatic carbocycles. The molecular formula is C14H13F2N3S. The van der Waals surface area contributed by atoms with Crippen molar-refractivity contribution in [3.8, 4) is 6.07 Å². The van der Waals surface area contributed by atoms with Crippen molar-refractivity contribution in [2.45, 2.75) is 26.3 Å². The van der Waals surface area contributed by atoms with Crippen LogP contribution in [0.2, 0.25) is 0 Å². The van der Waals surface area contributed by atoms with Gasteiger partial charge in [-0.1, -0.05) is 6.92 Å². The highest BCUT2D eigenvalue weighted by molar-refractivity contribution is 7.11. The molecule has 1 aromatic heterocycles. The van der Waals surface area contributed by atoms with E-state index in [0.29, 0.717) is 0 Å². The molecule has 0 saturated carbocycles. The smallest absolute Gasteiger partial charge is 0.150 e. The van der Waals surface area contributed by atoms with Crippen LogP contribution in [-0.4, -0.2) is 4.98 Å². The molecule has 1 heterocycles. The number of nitrogens with zero attached hydrogens (tertiary/aromatic N) is 2. The third kappa shape index (κ3) is 2.94. The van der Waals surface area contributed by atoms with Gasteiger partial charge in [0.2, 0.25) is 0 Å². The Morgan fingerprint density at radius 3 is 2.55 bits per heavy atom. The van der Waals surface area contributed by atoms with Gasteiger partial charge in [0.1, 0.15) is 10.7 Å². The van der Waals surface area contributed by atoms with E-state index < -0.39 is 11.6 Å². The maximum absolute atomic E-state index is 13.8. The van der Waals surface area contributed by atoms with Crippen molar-refractivity contribution in [3.05, 3.63) is 45.4 Å². The van der Waals surface area contributed by atoms with E-state index in [1.807, 2.05) is 6.92 Å². The molecule has 0 spiro atoms. The Morgan fingerprint density at radius 1 is 1.40 bits per heavy atom. The number of nitrogens with one attached hydrogen (secondary N) is 1. The van der Waals surface area contributed by atoms with Crippen molar-refractivity contribution < 1.29 is 8.78 Å². The van der Waals surface area contributed by atoms with Crippen LogP contribution in [-0.2, 0) is 6.42 Å². The number of anilines is 1. The van der Waals surface area contributed by atoms with Crippen molar-refractivity contribution in [3.63, 3.8) is 0 Å². The summed E-state index contributed by atoms with van der Waals surface area (Å²) in [6, 6.07) is 3.43. The first-order chi connectivity index (χ1) is 9.55. The fourth-order valence-electron chi connectivity index (χ4n) is 1.74. The molecule has 3 nitrogen and oxygen atoms in total. The summed E-state index contributed by atoms with van der Waals surface area (Å²) in [7, 11) is 0. The average Bonchev–Trinajstić information content (AvgIpc) is 2.91. The quantitative estimate of drug-likeness (QED) is 0.926. The molecular weight excluding hydrogens is 280 g/mol. The van der Waals surface area contributed by atoms with Gasteiger partial charge in [-0.2, -0.15) is 5.26 Å². The van der Waals surface area contributed by atoms with Crippen LogP contribution >= 0.6 is 11.3 Å². The summed E-state index contributed by atoms with van der Waals surface area (Å²) in [5, 5.41) is 12.2. The summed E-state index contributed by atoms with van der Waals surface area (Å²) in [6.45, 7) is 3.81. The third-order valence-corrected chi connectivity index (χ3v) is 4.15. The topological polar surface area (TPSA) is 48.7 Å². The minimum absolute atomic E-state index is 0.0410. The summed E-state index contributed by atoms with van der Waals surface area (Å²) in [6.07, 6.45) is 2.65. The Balaban J connectivity index is 2.23. The number of hydrogen-bond donors (Lipinski definition) is 1. The molecule has 20 heavy (non-hydrogen) atoms. The molecule has 0 saturated heterocycles. The molecule has 1 unspecified atom stereocenters. The SMILES string of the molecule is CCc1cnc(C(C)Nc2c(F)cc(C#N)cc2F)s1. The lowest BCUT2D eigenvalue weighted by Gasteiger charge is -2.14. The van der Waals surface area contributed by atoms with Crippen LogP contribution < -0.4 is 5.32 Å². The van der Waals surface area contributed by atoms with Crippen molar-refractivity contribution in [1.82, 2.24) is 4.98 Å². The van der Waals surface area contributed by atoms with Gasteiger partial charge < -0.3 is 5.32 Å². The van der Waals surface area contributed by atoms with Gasteiger partial charge in [0, 0.05) is 11.1 Å². The minimum Gasteiger partial charge on any atom is -0.371 e. The first-order valence-corrected chi connectivity index (χ1v) is 6.97. The molecule has 0 aliphatic heterocycles. The van der Waals surface area contributed by atoms with Gasteiger partial charge in [-0.15, -0.1) is 11.3 Å². The summed E-state index contributed by atoms with van der Waals surface area (Å²) < 4.78 is 27.5. The number of benzene rings is 1. The zero-order chi connectivity index (χ0) is 14.7. The van der Waals surface area contributed by atoms with Crippen LogP contribution in [0.25, 0.3) is 0 Å². The van der Waals surface area contributed by atoms with E-state index in [4.69, 9.17) is 5.26 Å². The fraction of sp³-hybridized carbons (Fsp3) is 0.286. The predicted octanol–water partition coefficient (Wildman–Crippen LogP) is 4.03. The second-order valence-corrected chi connectivity index (χ2v) is 5.46. The van der Waals surface area contributed by atoms with E-state index in [1.165, 1.54) is 11.3 Å². The van der Waals surface area contributed by atoms with E-state index in [-0.39, 0.29) is 17.3 Å². The van der Waals surface area contributed by atoms with E-state index in [9.17, 15) is 8.78 Å². The predicted molar refractivity (Wildman–Crippen MR) is 74.6 cm³/mol. The van der Waals surface area contributed by atoms with Crippen LogP contribution in [0.5, 0.6) is 0 Å². The molecule has 104 valence electrons. The average molecular weight is 293 g/mol. The van der Waals surface area contributed by atoms with Gasteiger partial charge in [0.05, 0.1) is 17.7 Å². The molecule has 1 N–H and O–H groups in total. The molecule has 6 heteroatoms. The van der Waals surface area contributed by atoms with E-state index >= 15 is 0 Å².